The topological polar surface area (TPSA) is 130 Å². The van der Waals surface area contributed by atoms with Crippen molar-refractivity contribution in [2.45, 2.75) is 6.54 Å². The quantitative estimate of drug-likeness (QED) is 0.659. The smallest absolute Gasteiger partial charge is 0.330 e. The highest BCUT2D eigenvalue weighted by Crippen LogP contribution is 2.26. The summed E-state index contributed by atoms with van der Waals surface area (Å²) in [4.78, 5) is 20.6. The van der Waals surface area contributed by atoms with E-state index in [4.69, 9.17) is 5.73 Å². The van der Waals surface area contributed by atoms with E-state index in [0.717, 1.165) is 17.5 Å². The lowest BCUT2D eigenvalue weighted by Gasteiger charge is -1.99. The van der Waals surface area contributed by atoms with Gasteiger partial charge in [0.15, 0.2) is 0 Å². The Bertz CT molecular complexity index is 619. The molecular weight excluding hydrogens is 262 g/mol. The lowest BCUT2D eigenvalue weighted by Crippen LogP contribution is -2.05. The Labute approximate surface area is 104 Å². The molecule has 0 saturated carbocycles. The number of hydrogen-bond donors (Lipinski definition) is 1. The summed E-state index contributed by atoms with van der Waals surface area (Å²) in [7, 11) is 0. The number of rotatable bonds is 4. The van der Waals surface area contributed by atoms with Crippen LogP contribution in [0.15, 0.2) is 18.3 Å². The lowest BCUT2D eigenvalue weighted by molar-refractivity contribution is -0.384. The third kappa shape index (κ3) is 2.13. The summed E-state index contributed by atoms with van der Waals surface area (Å²) >= 11 is 0.977. The van der Waals surface area contributed by atoms with Gasteiger partial charge >= 0.3 is 10.7 Å². The van der Waals surface area contributed by atoms with Crippen LogP contribution in [0.5, 0.6) is 0 Å². The van der Waals surface area contributed by atoms with Crippen molar-refractivity contribution in [3.8, 4) is 0 Å². The van der Waals surface area contributed by atoms with Crippen molar-refractivity contribution in [2.24, 2.45) is 0 Å². The number of hydrogen-bond acceptors (Lipinski definition) is 7. The van der Waals surface area contributed by atoms with E-state index in [1.165, 1.54) is 10.7 Å². The molecule has 0 amide bonds. The van der Waals surface area contributed by atoms with E-state index in [-0.39, 0.29) is 23.1 Å². The fraction of sp³-hybridized carbons (Fsp3) is 0.125. The maximum absolute atomic E-state index is 10.6. The Balaban J connectivity index is 2.23. The highest BCUT2D eigenvalue weighted by Gasteiger charge is 2.18. The first-order valence-electron chi connectivity index (χ1n) is 4.68. The van der Waals surface area contributed by atoms with Crippen LogP contribution in [-0.4, -0.2) is 19.6 Å². The largest absolute Gasteiger partial charge is 0.378 e. The molecule has 2 aromatic heterocycles. The first kappa shape index (κ1) is 12.0. The highest BCUT2D eigenvalue weighted by molar-refractivity contribution is 7.15. The summed E-state index contributed by atoms with van der Waals surface area (Å²) in [5.41, 5.74) is 5.27. The fourth-order valence-electron chi connectivity index (χ4n) is 1.35. The molecule has 0 radical (unpaired) electrons. The monoisotopic (exact) mass is 269 g/mol. The van der Waals surface area contributed by atoms with Gasteiger partial charge < -0.3 is 5.73 Å². The minimum absolute atomic E-state index is 0.00484. The number of nitrogens with zero attached hydrogens (tertiary/aromatic N) is 4. The average Bonchev–Trinajstić information content (AvgIpc) is 2.87. The number of nitrogens with two attached hydrogens (primary N) is 1. The molecule has 0 unspecified atom stereocenters. The van der Waals surface area contributed by atoms with Crippen molar-refractivity contribution in [3.05, 3.63) is 43.4 Å². The van der Waals surface area contributed by atoms with Crippen LogP contribution in [0.3, 0.4) is 0 Å². The predicted molar refractivity (Wildman–Crippen MR) is 63.4 cm³/mol. The van der Waals surface area contributed by atoms with Crippen molar-refractivity contribution in [3.63, 3.8) is 0 Å². The van der Waals surface area contributed by atoms with E-state index in [1.807, 2.05) is 0 Å². The normalized spacial score (nSPS) is 10.4. The van der Waals surface area contributed by atoms with Crippen LogP contribution in [0.4, 0.5) is 16.5 Å². The van der Waals surface area contributed by atoms with Gasteiger partial charge in [-0.25, -0.2) is 4.68 Å². The number of anilines is 1. The molecule has 0 bridgehead atoms. The van der Waals surface area contributed by atoms with E-state index in [0.29, 0.717) is 4.88 Å². The van der Waals surface area contributed by atoms with Crippen molar-refractivity contribution in [1.82, 2.24) is 9.78 Å². The number of nitrogen functional groups attached to an aromatic ring is 1. The maximum Gasteiger partial charge on any atom is 0.330 e. The Kier molecular flexibility index (Phi) is 2.93. The summed E-state index contributed by atoms with van der Waals surface area (Å²) in [6.45, 7) is 0.165. The Hall–Kier alpha value is -2.49. The third-order valence-electron chi connectivity index (χ3n) is 2.19. The van der Waals surface area contributed by atoms with E-state index in [1.54, 1.807) is 6.07 Å². The number of nitro groups is 2. The Morgan fingerprint density at radius 1 is 1.33 bits per heavy atom. The van der Waals surface area contributed by atoms with Crippen LogP contribution in [-0.2, 0) is 6.54 Å². The van der Waals surface area contributed by atoms with E-state index in [2.05, 4.69) is 5.10 Å². The molecule has 0 atom stereocenters. The van der Waals surface area contributed by atoms with Gasteiger partial charge in [-0.2, -0.15) is 5.10 Å². The number of aromatic nitrogens is 2. The molecule has 18 heavy (non-hydrogen) atoms. The number of thiophene rings is 1. The van der Waals surface area contributed by atoms with Crippen LogP contribution in [0.2, 0.25) is 0 Å². The van der Waals surface area contributed by atoms with Gasteiger partial charge in [0.25, 0.3) is 0 Å². The maximum atomic E-state index is 10.6. The van der Waals surface area contributed by atoms with Crippen molar-refractivity contribution in [1.29, 1.82) is 0 Å². The Morgan fingerprint density at radius 2 is 2.06 bits per heavy atom. The second-order valence-corrected chi connectivity index (χ2v) is 4.47. The molecule has 2 rings (SSSR count). The SMILES string of the molecule is Nc1c([N+](=O)[O-])cnn1Cc1ccc([N+](=O)[O-])s1. The predicted octanol–water partition coefficient (Wildman–Crippen LogP) is 1.39. The molecule has 0 aliphatic rings. The Morgan fingerprint density at radius 3 is 2.56 bits per heavy atom. The standard InChI is InChI=1S/C8H7N5O4S/c9-8-6(12(14)15)3-10-11(8)4-5-1-2-7(18-5)13(16)17/h1-3H,4,9H2. The average molecular weight is 269 g/mol. The zero-order valence-corrected chi connectivity index (χ0v) is 9.66. The zero-order valence-electron chi connectivity index (χ0n) is 8.85. The van der Waals surface area contributed by atoms with Crippen LogP contribution in [0, 0.1) is 20.2 Å². The second-order valence-electron chi connectivity index (χ2n) is 3.33. The lowest BCUT2D eigenvalue weighted by atomic mass is 10.4. The molecule has 2 heterocycles. The van der Waals surface area contributed by atoms with Crippen LogP contribution >= 0.6 is 11.3 Å². The van der Waals surface area contributed by atoms with E-state index in [9.17, 15) is 20.2 Å². The fourth-order valence-corrected chi connectivity index (χ4v) is 2.15. The molecule has 0 aromatic carbocycles. The summed E-state index contributed by atoms with van der Waals surface area (Å²) in [6, 6.07) is 2.93. The molecule has 2 N–H and O–H groups in total. The minimum Gasteiger partial charge on any atom is -0.378 e. The molecule has 9 nitrogen and oxygen atoms in total. The molecule has 0 fully saturated rings. The van der Waals surface area contributed by atoms with Gasteiger partial charge in [0.2, 0.25) is 5.82 Å². The molecule has 2 aromatic rings. The van der Waals surface area contributed by atoms with Gasteiger partial charge in [-0.3, -0.25) is 20.2 Å². The van der Waals surface area contributed by atoms with Gasteiger partial charge in [0, 0.05) is 10.9 Å². The summed E-state index contributed by atoms with van der Waals surface area (Å²) in [5, 5.41) is 24.9. The van der Waals surface area contributed by atoms with Crippen LogP contribution in [0.25, 0.3) is 0 Å². The first-order chi connectivity index (χ1) is 8.49. The minimum atomic E-state index is -0.629. The van der Waals surface area contributed by atoms with Crippen molar-refractivity contribution in [2.75, 3.05) is 5.73 Å². The third-order valence-corrected chi connectivity index (χ3v) is 3.21. The van der Waals surface area contributed by atoms with Crippen LogP contribution in [0.1, 0.15) is 4.88 Å². The van der Waals surface area contributed by atoms with E-state index >= 15 is 0 Å². The summed E-state index contributed by atoms with van der Waals surface area (Å²) in [6.07, 6.45) is 1.05. The summed E-state index contributed by atoms with van der Waals surface area (Å²) in [5.74, 6) is -0.0731. The van der Waals surface area contributed by atoms with E-state index < -0.39 is 9.85 Å². The molecule has 10 heteroatoms. The first-order valence-corrected chi connectivity index (χ1v) is 5.49. The van der Waals surface area contributed by atoms with Crippen molar-refractivity contribution < 1.29 is 9.85 Å². The molecule has 0 saturated heterocycles. The van der Waals surface area contributed by atoms with Crippen LogP contribution < -0.4 is 5.73 Å². The second kappa shape index (κ2) is 4.41. The molecule has 0 aliphatic carbocycles. The van der Waals surface area contributed by atoms with Gasteiger partial charge in [-0.1, -0.05) is 11.3 Å². The summed E-state index contributed by atoms with van der Waals surface area (Å²) < 4.78 is 1.23. The highest BCUT2D eigenvalue weighted by atomic mass is 32.1. The van der Waals surface area contributed by atoms with Gasteiger partial charge in [0.1, 0.15) is 6.20 Å². The van der Waals surface area contributed by atoms with Crippen molar-refractivity contribution >= 4 is 27.8 Å². The molecule has 94 valence electrons. The molecular formula is C8H7N5O4S. The molecule has 0 spiro atoms. The van der Waals surface area contributed by atoms with Gasteiger partial charge in [0.05, 0.1) is 16.4 Å². The van der Waals surface area contributed by atoms with Gasteiger partial charge in [-0.15, -0.1) is 0 Å². The molecule has 0 aliphatic heterocycles. The zero-order chi connectivity index (χ0) is 13.3. The van der Waals surface area contributed by atoms with Gasteiger partial charge in [-0.05, 0) is 6.07 Å².